The summed E-state index contributed by atoms with van der Waals surface area (Å²) in [5.41, 5.74) is 0.267. The molecule has 0 atom stereocenters. The number of hydrogen-bond acceptors (Lipinski definition) is 5. The zero-order chi connectivity index (χ0) is 13.8. The van der Waals surface area contributed by atoms with Crippen LogP contribution >= 0.6 is 23.4 Å². The molecule has 1 aromatic heterocycles. The summed E-state index contributed by atoms with van der Waals surface area (Å²) in [4.78, 5) is 22.3. The molecule has 0 saturated carbocycles. The molecule has 0 radical (unpaired) electrons. The van der Waals surface area contributed by atoms with Gasteiger partial charge in [-0.05, 0) is 25.0 Å². The molecule has 1 aromatic rings. The third-order valence-corrected chi connectivity index (χ3v) is 4.11. The molecule has 7 heteroatoms. The molecule has 0 spiro atoms. The van der Waals surface area contributed by atoms with Crippen LogP contribution in [0.25, 0.3) is 0 Å². The van der Waals surface area contributed by atoms with Gasteiger partial charge in [0.1, 0.15) is 0 Å². The van der Waals surface area contributed by atoms with E-state index in [9.17, 15) is 4.79 Å². The van der Waals surface area contributed by atoms with Crippen molar-refractivity contribution in [2.45, 2.75) is 18.0 Å². The van der Waals surface area contributed by atoms with Crippen molar-refractivity contribution in [3.05, 3.63) is 16.9 Å². The quantitative estimate of drug-likeness (QED) is 0.680. The molecule has 0 aromatic carbocycles. The summed E-state index contributed by atoms with van der Waals surface area (Å²) in [6.07, 6.45) is 4.96. The first-order chi connectivity index (χ1) is 9.15. The normalized spacial score (nSPS) is 16.7. The lowest BCUT2D eigenvalue weighted by Gasteiger charge is -2.31. The van der Waals surface area contributed by atoms with Crippen molar-refractivity contribution < 1.29 is 9.90 Å². The highest BCUT2D eigenvalue weighted by Crippen LogP contribution is 2.22. The van der Waals surface area contributed by atoms with Crippen LogP contribution in [0.5, 0.6) is 0 Å². The van der Waals surface area contributed by atoms with Gasteiger partial charge in [-0.1, -0.05) is 23.4 Å². The van der Waals surface area contributed by atoms with E-state index in [1.54, 1.807) is 4.90 Å². The number of piperidine rings is 1. The Morgan fingerprint density at radius 3 is 2.84 bits per heavy atom. The summed E-state index contributed by atoms with van der Waals surface area (Å²) < 4.78 is 0. The molecule has 1 fully saturated rings. The number of aliphatic hydroxyl groups excluding tert-OH is 1. The summed E-state index contributed by atoms with van der Waals surface area (Å²) >= 11 is 7.38. The van der Waals surface area contributed by atoms with E-state index in [0.29, 0.717) is 24.2 Å². The van der Waals surface area contributed by atoms with Crippen molar-refractivity contribution >= 4 is 29.3 Å². The maximum Gasteiger partial charge on any atom is 0.274 e. The largest absolute Gasteiger partial charge is 0.396 e. The Bertz CT molecular complexity index is 464. The van der Waals surface area contributed by atoms with Crippen LogP contribution in [0, 0.1) is 5.92 Å². The molecule has 0 unspecified atom stereocenters. The molecule has 19 heavy (non-hydrogen) atoms. The maximum absolute atomic E-state index is 12.4. The fourth-order valence-corrected chi connectivity index (χ4v) is 2.58. The first-order valence-corrected chi connectivity index (χ1v) is 7.72. The number of carbonyl (C=O) groups is 1. The molecular formula is C12H16ClN3O2S. The van der Waals surface area contributed by atoms with Crippen molar-refractivity contribution in [3.63, 3.8) is 0 Å². The Morgan fingerprint density at radius 2 is 2.26 bits per heavy atom. The average molecular weight is 302 g/mol. The third kappa shape index (κ3) is 3.38. The van der Waals surface area contributed by atoms with Gasteiger partial charge in [-0.2, -0.15) is 0 Å². The standard InChI is InChI=1S/C12H16ClN3O2S/c1-19-12-14-6-9(13)10(15-12)11(18)16-4-2-8(7-17)3-5-16/h6,8,17H,2-5,7H2,1H3. The van der Waals surface area contributed by atoms with Gasteiger partial charge in [0, 0.05) is 19.7 Å². The zero-order valence-electron chi connectivity index (χ0n) is 10.7. The number of likely N-dealkylation sites (tertiary alicyclic amines) is 1. The lowest BCUT2D eigenvalue weighted by Crippen LogP contribution is -2.39. The molecule has 1 amide bonds. The number of nitrogens with zero attached hydrogens (tertiary/aromatic N) is 3. The fraction of sp³-hybridized carbons (Fsp3) is 0.583. The van der Waals surface area contributed by atoms with E-state index in [0.717, 1.165) is 12.8 Å². The van der Waals surface area contributed by atoms with Crippen LogP contribution in [0.1, 0.15) is 23.3 Å². The summed E-state index contributed by atoms with van der Waals surface area (Å²) in [5, 5.41) is 9.92. The number of carbonyl (C=O) groups excluding carboxylic acids is 1. The van der Waals surface area contributed by atoms with Crippen LogP contribution < -0.4 is 0 Å². The van der Waals surface area contributed by atoms with E-state index in [-0.39, 0.29) is 23.2 Å². The Labute approximate surface area is 121 Å². The number of rotatable bonds is 3. The molecule has 1 aliphatic heterocycles. The van der Waals surface area contributed by atoms with E-state index < -0.39 is 0 Å². The summed E-state index contributed by atoms with van der Waals surface area (Å²) in [7, 11) is 0. The lowest BCUT2D eigenvalue weighted by atomic mass is 9.98. The van der Waals surface area contributed by atoms with Crippen LogP contribution in [-0.2, 0) is 0 Å². The third-order valence-electron chi connectivity index (χ3n) is 3.27. The first kappa shape index (κ1) is 14.6. The van der Waals surface area contributed by atoms with Crippen molar-refractivity contribution in [2.75, 3.05) is 26.0 Å². The van der Waals surface area contributed by atoms with Crippen LogP contribution in [0.3, 0.4) is 0 Å². The Balaban J connectivity index is 2.11. The predicted molar refractivity (Wildman–Crippen MR) is 74.5 cm³/mol. The molecule has 0 aliphatic carbocycles. The van der Waals surface area contributed by atoms with Crippen molar-refractivity contribution in [1.29, 1.82) is 0 Å². The highest BCUT2D eigenvalue weighted by Gasteiger charge is 2.25. The van der Waals surface area contributed by atoms with Crippen molar-refractivity contribution in [3.8, 4) is 0 Å². The van der Waals surface area contributed by atoms with Gasteiger partial charge in [0.15, 0.2) is 10.9 Å². The fourth-order valence-electron chi connectivity index (χ4n) is 2.07. The van der Waals surface area contributed by atoms with Gasteiger partial charge >= 0.3 is 0 Å². The summed E-state index contributed by atoms with van der Waals surface area (Å²) in [5.74, 6) is 0.144. The monoisotopic (exact) mass is 301 g/mol. The minimum Gasteiger partial charge on any atom is -0.396 e. The Morgan fingerprint density at radius 1 is 1.58 bits per heavy atom. The predicted octanol–water partition coefficient (Wildman–Crippen LogP) is 1.70. The Hall–Kier alpha value is -0.850. The molecule has 1 aliphatic rings. The van der Waals surface area contributed by atoms with E-state index in [4.69, 9.17) is 16.7 Å². The van der Waals surface area contributed by atoms with Crippen LogP contribution in [0.15, 0.2) is 11.4 Å². The second-order valence-corrected chi connectivity index (χ2v) is 5.65. The molecule has 2 heterocycles. The second-order valence-electron chi connectivity index (χ2n) is 4.47. The highest BCUT2D eigenvalue weighted by atomic mass is 35.5. The van der Waals surface area contributed by atoms with Gasteiger partial charge in [0.05, 0.1) is 11.2 Å². The van der Waals surface area contributed by atoms with Gasteiger partial charge in [-0.15, -0.1) is 0 Å². The van der Waals surface area contributed by atoms with Gasteiger partial charge < -0.3 is 10.0 Å². The molecule has 5 nitrogen and oxygen atoms in total. The van der Waals surface area contributed by atoms with Gasteiger partial charge in [-0.3, -0.25) is 4.79 Å². The minimum absolute atomic E-state index is 0.154. The second kappa shape index (κ2) is 6.54. The van der Waals surface area contributed by atoms with Gasteiger partial charge in [0.25, 0.3) is 5.91 Å². The zero-order valence-corrected chi connectivity index (χ0v) is 12.2. The number of halogens is 1. The number of aromatic nitrogens is 2. The summed E-state index contributed by atoms with van der Waals surface area (Å²) in [6, 6.07) is 0. The highest BCUT2D eigenvalue weighted by molar-refractivity contribution is 7.98. The Kier molecular flexibility index (Phi) is 5.01. The molecule has 1 N–H and O–H groups in total. The number of amides is 1. The maximum atomic E-state index is 12.4. The van der Waals surface area contributed by atoms with Crippen LogP contribution in [-0.4, -0.2) is 51.8 Å². The van der Waals surface area contributed by atoms with E-state index in [1.165, 1.54) is 18.0 Å². The number of aliphatic hydroxyl groups is 1. The SMILES string of the molecule is CSc1ncc(Cl)c(C(=O)N2CCC(CO)CC2)n1. The van der Waals surface area contributed by atoms with E-state index in [1.807, 2.05) is 6.26 Å². The molecule has 1 saturated heterocycles. The molecule has 0 bridgehead atoms. The van der Waals surface area contributed by atoms with Crippen LogP contribution in [0.2, 0.25) is 5.02 Å². The topological polar surface area (TPSA) is 66.3 Å². The van der Waals surface area contributed by atoms with Gasteiger partial charge in [-0.25, -0.2) is 9.97 Å². The van der Waals surface area contributed by atoms with Gasteiger partial charge in [0.2, 0.25) is 0 Å². The van der Waals surface area contributed by atoms with E-state index in [2.05, 4.69) is 9.97 Å². The van der Waals surface area contributed by atoms with E-state index >= 15 is 0 Å². The van der Waals surface area contributed by atoms with Crippen molar-refractivity contribution in [1.82, 2.24) is 14.9 Å². The first-order valence-electron chi connectivity index (χ1n) is 6.12. The molecule has 104 valence electrons. The molecule has 2 rings (SSSR count). The summed E-state index contributed by atoms with van der Waals surface area (Å²) in [6.45, 7) is 1.46. The minimum atomic E-state index is -0.154. The lowest BCUT2D eigenvalue weighted by molar-refractivity contribution is 0.0644. The molecular weight excluding hydrogens is 286 g/mol. The smallest absolute Gasteiger partial charge is 0.274 e. The number of hydrogen-bond donors (Lipinski definition) is 1. The average Bonchev–Trinajstić information content (AvgIpc) is 2.47. The van der Waals surface area contributed by atoms with Crippen molar-refractivity contribution in [2.24, 2.45) is 5.92 Å². The van der Waals surface area contributed by atoms with Crippen LogP contribution in [0.4, 0.5) is 0 Å². The number of thioether (sulfide) groups is 1.